The van der Waals surface area contributed by atoms with Crippen LogP contribution in [0, 0.1) is 5.82 Å². The number of halogens is 2. The number of benzene rings is 2. The second kappa shape index (κ2) is 7.57. The summed E-state index contributed by atoms with van der Waals surface area (Å²) in [7, 11) is 0. The number of nitrogens with two attached hydrogens (primary N) is 1. The van der Waals surface area contributed by atoms with Crippen LogP contribution in [0.4, 0.5) is 10.1 Å². The summed E-state index contributed by atoms with van der Waals surface area (Å²) in [5.41, 5.74) is 9.05. The molecular weight excluding hydrogens is 331 g/mol. The van der Waals surface area contributed by atoms with E-state index in [2.05, 4.69) is 33.8 Å². The summed E-state index contributed by atoms with van der Waals surface area (Å²) >= 11 is 3.44. The molecule has 2 aromatic carbocycles. The summed E-state index contributed by atoms with van der Waals surface area (Å²) in [4.78, 5) is 2.32. The molecule has 0 spiro atoms. The number of nitrogen functional groups attached to an aromatic ring is 1. The molecule has 0 saturated carbocycles. The van der Waals surface area contributed by atoms with Gasteiger partial charge in [0, 0.05) is 23.2 Å². The zero-order chi connectivity index (χ0) is 15.2. The number of hydrogen-bond donors (Lipinski definition) is 1. The number of rotatable bonds is 6. The minimum absolute atomic E-state index is 0.222. The smallest absolute Gasteiger partial charge is 0.124 e. The van der Waals surface area contributed by atoms with Gasteiger partial charge in [0.15, 0.2) is 0 Å². The highest BCUT2D eigenvalue weighted by Gasteiger charge is 2.10. The summed E-state index contributed by atoms with van der Waals surface area (Å²) < 4.78 is 14.0. The Morgan fingerprint density at radius 1 is 1.10 bits per heavy atom. The highest BCUT2D eigenvalue weighted by atomic mass is 79.9. The van der Waals surface area contributed by atoms with Crippen molar-refractivity contribution in [1.82, 2.24) is 4.90 Å². The van der Waals surface area contributed by atoms with Crippen LogP contribution in [0.3, 0.4) is 0 Å². The molecule has 0 saturated heterocycles. The molecule has 2 N–H and O–H groups in total. The minimum Gasteiger partial charge on any atom is -0.398 e. The number of hydrogen-bond acceptors (Lipinski definition) is 2. The monoisotopic (exact) mass is 350 g/mol. The summed E-state index contributed by atoms with van der Waals surface area (Å²) in [6.45, 7) is 4.69. The van der Waals surface area contributed by atoms with Crippen LogP contribution in [0.5, 0.6) is 0 Å². The zero-order valence-electron chi connectivity index (χ0n) is 12.2. The van der Waals surface area contributed by atoms with Gasteiger partial charge in [-0.25, -0.2) is 4.39 Å². The topological polar surface area (TPSA) is 29.3 Å². The SMILES string of the molecule is CCCN(Cc1ccccc1N)Cc1ccc(F)cc1Br. The Kier molecular flexibility index (Phi) is 5.76. The van der Waals surface area contributed by atoms with Gasteiger partial charge in [0.25, 0.3) is 0 Å². The molecule has 0 fully saturated rings. The van der Waals surface area contributed by atoms with Gasteiger partial charge in [-0.3, -0.25) is 4.90 Å². The minimum atomic E-state index is -0.222. The average Bonchev–Trinajstić information content (AvgIpc) is 2.44. The van der Waals surface area contributed by atoms with E-state index >= 15 is 0 Å². The number of para-hydroxylation sites is 1. The molecule has 0 aromatic heterocycles. The van der Waals surface area contributed by atoms with Crippen molar-refractivity contribution in [3.05, 3.63) is 63.9 Å². The lowest BCUT2D eigenvalue weighted by molar-refractivity contribution is 0.257. The van der Waals surface area contributed by atoms with E-state index < -0.39 is 0 Å². The predicted molar refractivity (Wildman–Crippen MR) is 89.4 cm³/mol. The lowest BCUT2D eigenvalue weighted by atomic mass is 10.1. The lowest BCUT2D eigenvalue weighted by Gasteiger charge is -2.23. The van der Waals surface area contributed by atoms with Gasteiger partial charge >= 0.3 is 0 Å². The van der Waals surface area contributed by atoms with E-state index in [1.807, 2.05) is 24.3 Å². The predicted octanol–water partition coefficient (Wildman–Crippen LogP) is 4.58. The molecule has 0 amide bonds. The van der Waals surface area contributed by atoms with Gasteiger partial charge in [-0.2, -0.15) is 0 Å². The maximum atomic E-state index is 13.2. The number of nitrogens with zero attached hydrogens (tertiary/aromatic N) is 1. The van der Waals surface area contributed by atoms with Crippen LogP contribution in [0.1, 0.15) is 24.5 Å². The standard InChI is InChI=1S/C17H20BrFN2/c1-2-9-21(12-14-5-3-4-6-17(14)20)11-13-7-8-15(19)10-16(13)18/h3-8,10H,2,9,11-12,20H2,1H3. The molecule has 0 atom stereocenters. The summed E-state index contributed by atoms with van der Waals surface area (Å²) in [5.74, 6) is -0.222. The van der Waals surface area contributed by atoms with Gasteiger partial charge in [0.05, 0.1) is 0 Å². The van der Waals surface area contributed by atoms with Gasteiger partial charge < -0.3 is 5.73 Å². The second-order valence-electron chi connectivity index (χ2n) is 5.15. The first-order chi connectivity index (χ1) is 10.1. The quantitative estimate of drug-likeness (QED) is 0.772. The molecule has 0 aliphatic carbocycles. The molecular formula is C17H20BrFN2. The third kappa shape index (κ3) is 4.55. The first kappa shape index (κ1) is 16.0. The van der Waals surface area contributed by atoms with Crippen LogP contribution >= 0.6 is 15.9 Å². The Balaban J connectivity index is 2.14. The van der Waals surface area contributed by atoms with Crippen LogP contribution in [-0.2, 0) is 13.1 Å². The Morgan fingerprint density at radius 2 is 1.81 bits per heavy atom. The van der Waals surface area contributed by atoms with Crippen molar-refractivity contribution < 1.29 is 4.39 Å². The van der Waals surface area contributed by atoms with Crippen molar-refractivity contribution in [3.63, 3.8) is 0 Å². The molecule has 4 heteroatoms. The fourth-order valence-electron chi connectivity index (χ4n) is 2.34. The van der Waals surface area contributed by atoms with E-state index in [1.54, 1.807) is 0 Å². The van der Waals surface area contributed by atoms with Crippen LogP contribution in [-0.4, -0.2) is 11.4 Å². The molecule has 21 heavy (non-hydrogen) atoms. The van der Waals surface area contributed by atoms with E-state index in [1.165, 1.54) is 12.1 Å². The normalized spacial score (nSPS) is 11.0. The van der Waals surface area contributed by atoms with Crippen molar-refractivity contribution in [2.24, 2.45) is 0 Å². The maximum Gasteiger partial charge on any atom is 0.124 e. The molecule has 2 aromatic rings. The first-order valence-corrected chi connectivity index (χ1v) is 7.89. The van der Waals surface area contributed by atoms with E-state index in [-0.39, 0.29) is 5.82 Å². The van der Waals surface area contributed by atoms with Crippen molar-refractivity contribution in [3.8, 4) is 0 Å². The van der Waals surface area contributed by atoms with Gasteiger partial charge in [-0.15, -0.1) is 0 Å². The van der Waals surface area contributed by atoms with Crippen LogP contribution in [0.2, 0.25) is 0 Å². The average molecular weight is 351 g/mol. The van der Waals surface area contributed by atoms with Gasteiger partial charge in [-0.05, 0) is 42.3 Å². The summed E-state index contributed by atoms with van der Waals surface area (Å²) in [6, 6.07) is 12.8. The van der Waals surface area contributed by atoms with Crippen molar-refractivity contribution in [1.29, 1.82) is 0 Å². The molecule has 112 valence electrons. The highest BCUT2D eigenvalue weighted by molar-refractivity contribution is 9.10. The van der Waals surface area contributed by atoms with E-state index in [0.29, 0.717) is 0 Å². The summed E-state index contributed by atoms with van der Waals surface area (Å²) in [6.07, 6.45) is 1.06. The van der Waals surface area contributed by atoms with E-state index in [0.717, 1.165) is 47.3 Å². The third-order valence-electron chi connectivity index (χ3n) is 3.40. The Hall–Kier alpha value is -1.39. The lowest BCUT2D eigenvalue weighted by Crippen LogP contribution is -2.24. The largest absolute Gasteiger partial charge is 0.398 e. The maximum absolute atomic E-state index is 13.2. The van der Waals surface area contributed by atoms with Crippen LogP contribution < -0.4 is 5.73 Å². The molecule has 0 aliphatic rings. The van der Waals surface area contributed by atoms with E-state index in [4.69, 9.17) is 5.73 Å². The second-order valence-corrected chi connectivity index (χ2v) is 6.00. The molecule has 0 unspecified atom stereocenters. The van der Waals surface area contributed by atoms with E-state index in [9.17, 15) is 4.39 Å². The van der Waals surface area contributed by atoms with Crippen LogP contribution in [0.15, 0.2) is 46.9 Å². The Morgan fingerprint density at radius 3 is 2.48 bits per heavy atom. The third-order valence-corrected chi connectivity index (χ3v) is 4.14. The Labute approximate surface area is 133 Å². The highest BCUT2D eigenvalue weighted by Crippen LogP contribution is 2.22. The van der Waals surface area contributed by atoms with Crippen molar-refractivity contribution in [2.45, 2.75) is 26.4 Å². The molecule has 0 heterocycles. The zero-order valence-corrected chi connectivity index (χ0v) is 13.7. The van der Waals surface area contributed by atoms with Crippen molar-refractivity contribution >= 4 is 21.6 Å². The van der Waals surface area contributed by atoms with Crippen molar-refractivity contribution in [2.75, 3.05) is 12.3 Å². The molecule has 0 radical (unpaired) electrons. The molecule has 2 rings (SSSR count). The number of anilines is 1. The van der Waals surface area contributed by atoms with Gasteiger partial charge in [-0.1, -0.05) is 47.1 Å². The van der Waals surface area contributed by atoms with Crippen LogP contribution in [0.25, 0.3) is 0 Å². The van der Waals surface area contributed by atoms with Gasteiger partial charge in [0.1, 0.15) is 5.82 Å². The molecule has 0 bridgehead atoms. The molecule has 2 nitrogen and oxygen atoms in total. The molecule has 0 aliphatic heterocycles. The summed E-state index contributed by atoms with van der Waals surface area (Å²) in [5, 5.41) is 0. The van der Waals surface area contributed by atoms with Gasteiger partial charge in [0.2, 0.25) is 0 Å². The Bertz CT molecular complexity index is 601. The fourth-order valence-corrected chi connectivity index (χ4v) is 2.82. The first-order valence-electron chi connectivity index (χ1n) is 7.09. The fraction of sp³-hybridized carbons (Fsp3) is 0.294.